The molecule has 0 unspecified atom stereocenters. The summed E-state index contributed by atoms with van der Waals surface area (Å²) in [5.74, 6) is 0.569. The summed E-state index contributed by atoms with van der Waals surface area (Å²) in [7, 11) is 2.19. The molecule has 1 fully saturated rings. The molecule has 1 aromatic rings. The quantitative estimate of drug-likeness (QED) is 0.250. The number of halogens is 1. The third kappa shape index (κ3) is 10.6. The van der Waals surface area contributed by atoms with Crippen molar-refractivity contribution in [2.75, 3.05) is 51.6 Å². The Kier molecular flexibility index (Phi) is 14.5. The topological polar surface area (TPSA) is 47.6 Å². The zero-order valence-corrected chi connectivity index (χ0v) is 21.9. The van der Waals surface area contributed by atoms with Gasteiger partial charge >= 0.3 is 0 Å². The largest absolute Gasteiger partial charge is 0.357 e. The summed E-state index contributed by atoms with van der Waals surface area (Å²) in [6.07, 6.45) is 7.39. The number of nitrogens with zero attached hydrogens (tertiary/aromatic N) is 2. The molecule has 1 aliphatic rings. The predicted octanol–water partition coefficient (Wildman–Crippen LogP) is 5.57. The lowest BCUT2D eigenvalue weighted by Gasteiger charge is -2.31. The summed E-state index contributed by atoms with van der Waals surface area (Å²) < 4.78 is 0. The van der Waals surface area contributed by atoms with E-state index in [1.807, 2.05) is 24.3 Å². The summed E-state index contributed by atoms with van der Waals surface area (Å²) in [4.78, 5) is 14.5. The molecule has 0 radical (unpaired) electrons. The van der Waals surface area contributed by atoms with E-state index in [2.05, 4.69) is 73.9 Å². The van der Waals surface area contributed by atoms with Crippen LogP contribution in [0.25, 0.3) is 0 Å². The van der Waals surface area contributed by atoms with Crippen LogP contribution in [0.4, 0.5) is 5.69 Å². The van der Waals surface area contributed by atoms with Crippen LogP contribution in [0, 0.1) is 5.92 Å². The van der Waals surface area contributed by atoms with Crippen LogP contribution >= 0.6 is 11.6 Å². The lowest BCUT2D eigenvalue weighted by molar-refractivity contribution is -0.109. The SMILES string of the molecule is C=C(C(=C/C)/C(=C\C)Nc1ccc(Cl)cc1)C1CCN(C)CC1.CCN(CC)CCNC=O. The van der Waals surface area contributed by atoms with Gasteiger partial charge in [-0.15, -0.1) is 0 Å². The van der Waals surface area contributed by atoms with Gasteiger partial charge in [-0.05, 0) is 101 Å². The summed E-state index contributed by atoms with van der Waals surface area (Å²) in [6.45, 7) is 18.9. The molecule has 0 spiro atoms. The van der Waals surface area contributed by atoms with Crippen molar-refractivity contribution < 1.29 is 4.79 Å². The van der Waals surface area contributed by atoms with Crippen LogP contribution < -0.4 is 10.6 Å². The number of anilines is 1. The van der Waals surface area contributed by atoms with Gasteiger partial charge < -0.3 is 20.4 Å². The van der Waals surface area contributed by atoms with E-state index >= 15 is 0 Å². The molecule has 0 bridgehead atoms. The fourth-order valence-electron chi connectivity index (χ4n) is 3.90. The van der Waals surface area contributed by atoms with E-state index < -0.39 is 0 Å². The highest BCUT2D eigenvalue weighted by molar-refractivity contribution is 6.30. The molecule has 0 atom stereocenters. The molecular formula is C27H43ClN4O. The molecule has 1 aromatic carbocycles. The maximum absolute atomic E-state index is 9.83. The van der Waals surface area contributed by atoms with E-state index in [1.165, 1.54) is 24.0 Å². The molecule has 184 valence electrons. The first-order valence-electron chi connectivity index (χ1n) is 12.0. The van der Waals surface area contributed by atoms with E-state index in [9.17, 15) is 4.79 Å². The van der Waals surface area contributed by atoms with Gasteiger partial charge in [-0.1, -0.05) is 44.2 Å². The molecule has 1 saturated heterocycles. The Morgan fingerprint density at radius 3 is 2.24 bits per heavy atom. The Bertz CT molecular complexity index is 761. The molecular weight excluding hydrogens is 432 g/mol. The molecule has 0 saturated carbocycles. The maximum Gasteiger partial charge on any atom is 0.207 e. The average molecular weight is 475 g/mol. The number of piperidine rings is 1. The van der Waals surface area contributed by atoms with E-state index in [0.717, 1.165) is 62.1 Å². The van der Waals surface area contributed by atoms with Gasteiger partial charge in [0, 0.05) is 29.5 Å². The van der Waals surface area contributed by atoms with Crippen LogP contribution in [-0.4, -0.2) is 62.5 Å². The van der Waals surface area contributed by atoms with Gasteiger partial charge in [-0.25, -0.2) is 0 Å². The second-order valence-corrected chi connectivity index (χ2v) is 8.67. The van der Waals surface area contributed by atoms with Crippen LogP contribution in [-0.2, 0) is 4.79 Å². The number of hydrogen-bond donors (Lipinski definition) is 2. The lowest BCUT2D eigenvalue weighted by atomic mass is 9.84. The number of nitrogens with one attached hydrogen (secondary N) is 2. The average Bonchev–Trinajstić information content (AvgIpc) is 2.83. The standard InChI is InChI=1S/C20H27ClN2.C7H16N2O/c1-5-19(15(3)16-11-13-23(4)14-12-16)20(6-2)22-18-9-7-17(21)8-10-18;1-3-9(4-2)6-5-8-7-10/h5-10,16,22H,3,11-14H2,1-2,4H3;7H,3-6H2,1-2H3,(H,8,10)/b19-5-,20-6+;. The Hall–Kier alpha value is -2.08. The molecule has 2 N–H and O–H groups in total. The predicted molar refractivity (Wildman–Crippen MR) is 144 cm³/mol. The molecule has 2 rings (SSSR count). The van der Waals surface area contributed by atoms with Crippen LogP contribution in [0.5, 0.6) is 0 Å². The van der Waals surface area contributed by atoms with Gasteiger partial charge in [0.05, 0.1) is 0 Å². The van der Waals surface area contributed by atoms with Crippen molar-refractivity contribution in [1.29, 1.82) is 0 Å². The number of carbonyl (C=O) groups excluding carboxylic acids is 1. The Balaban J connectivity index is 0.000000461. The Labute approximate surface area is 206 Å². The number of rotatable bonds is 11. The van der Waals surface area contributed by atoms with Crippen molar-refractivity contribution in [2.24, 2.45) is 5.92 Å². The van der Waals surface area contributed by atoms with Crippen LogP contribution in [0.1, 0.15) is 40.5 Å². The van der Waals surface area contributed by atoms with Crippen molar-refractivity contribution in [3.05, 3.63) is 64.9 Å². The summed E-state index contributed by atoms with van der Waals surface area (Å²) in [5, 5.41) is 6.87. The number of likely N-dealkylation sites (tertiary alicyclic amines) is 1. The van der Waals surface area contributed by atoms with Crippen LogP contribution in [0.2, 0.25) is 5.02 Å². The van der Waals surface area contributed by atoms with Crippen molar-refractivity contribution in [3.8, 4) is 0 Å². The first-order chi connectivity index (χ1) is 15.9. The highest BCUT2D eigenvalue weighted by atomic mass is 35.5. The van der Waals surface area contributed by atoms with E-state index in [1.54, 1.807) is 0 Å². The third-order valence-corrected chi connectivity index (χ3v) is 6.35. The molecule has 0 aromatic heterocycles. The van der Waals surface area contributed by atoms with Gasteiger partial charge in [0.15, 0.2) is 0 Å². The number of likely N-dealkylation sites (N-methyl/N-ethyl adjacent to an activating group) is 1. The summed E-state index contributed by atoms with van der Waals surface area (Å²) in [5.41, 5.74) is 4.61. The number of allylic oxidation sites excluding steroid dienone is 3. The second-order valence-electron chi connectivity index (χ2n) is 8.24. The second kappa shape index (κ2) is 16.5. The number of hydrogen-bond acceptors (Lipinski definition) is 4. The Morgan fingerprint density at radius 1 is 1.15 bits per heavy atom. The highest BCUT2D eigenvalue weighted by Gasteiger charge is 2.22. The zero-order valence-electron chi connectivity index (χ0n) is 21.2. The summed E-state index contributed by atoms with van der Waals surface area (Å²) in [6, 6.07) is 7.80. The smallest absolute Gasteiger partial charge is 0.207 e. The minimum absolute atomic E-state index is 0.569. The third-order valence-electron chi connectivity index (χ3n) is 6.10. The van der Waals surface area contributed by atoms with Crippen LogP contribution in [0.3, 0.4) is 0 Å². The first-order valence-corrected chi connectivity index (χ1v) is 12.4. The molecule has 33 heavy (non-hydrogen) atoms. The normalized spacial score (nSPS) is 15.6. The number of amides is 1. The molecule has 5 nitrogen and oxygen atoms in total. The van der Waals surface area contributed by atoms with Crippen molar-refractivity contribution in [2.45, 2.75) is 40.5 Å². The minimum atomic E-state index is 0.569. The molecule has 0 aliphatic carbocycles. The van der Waals surface area contributed by atoms with Gasteiger partial charge in [-0.2, -0.15) is 0 Å². The number of benzene rings is 1. The molecule has 1 aliphatic heterocycles. The monoisotopic (exact) mass is 474 g/mol. The fraction of sp³-hybridized carbons (Fsp3) is 0.519. The van der Waals surface area contributed by atoms with Crippen LogP contribution in [0.15, 0.2) is 59.8 Å². The van der Waals surface area contributed by atoms with E-state index in [-0.39, 0.29) is 0 Å². The summed E-state index contributed by atoms with van der Waals surface area (Å²) >= 11 is 5.96. The zero-order chi connectivity index (χ0) is 24.6. The van der Waals surface area contributed by atoms with Crippen molar-refractivity contribution in [3.63, 3.8) is 0 Å². The van der Waals surface area contributed by atoms with Gasteiger partial charge in [0.25, 0.3) is 0 Å². The van der Waals surface area contributed by atoms with E-state index in [4.69, 9.17) is 11.6 Å². The van der Waals surface area contributed by atoms with Gasteiger partial charge in [0.1, 0.15) is 0 Å². The molecule has 1 heterocycles. The molecule has 6 heteroatoms. The fourth-order valence-corrected chi connectivity index (χ4v) is 4.02. The van der Waals surface area contributed by atoms with Gasteiger partial charge in [-0.3, -0.25) is 4.79 Å². The minimum Gasteiger partial charge on any atom is -0.357 e. The van der Waals surface area contributed by atoms with Gasteiger partial charge in [0.2, 0.25) is 6.41 Å². The number of carbonyl (C=O) groups is 1. The van der Waals surface area contributed by atoms with E-state index in [0.29, 0.717) is 5.92 Å². The molecule has 1 amide bonds. The van der Waals surface area contributed by atoms with Crippen molar-refractivity contribution in [1.82, 2.24) is 15.1 Å². The maximum atomic E-state index is 9.83. The highest BCUT2D eigenvalue weighted by Crippen LogP contribution is 2.32. The van der Waals surface area contributed by atoms with Crippen molar-refractivity contribution >= 4 is 23.7 Å². The first kappa shape index (κ1) is 29.0. The Morgan fingerprint density at radius 2 is 1.76 bits per heavy atom. The lowest BCUT2D eigenvalue weighted by Crippen LogP contribution is -2.31.